The summed E-state index contributed by atoms with van der Waals surface area (Å²) < 4.78 is 11.4. The standard InChI is InChI=1S/C11H26O3Si2/c1-9(2)10(13-15(3,4)5)11(12)14-16(6,7)8/h9-10H,1-8H3/t10-/m0/s1. The Kier molecular flexibility index (Phi) is 5.42. The van der Waals surface area contributed by atoms with Crippen molar-refractivity contribution in [2.75, 3.05) is 0 Å². The molecule has 0 aromatic heterocycles. The van der Waals surface area contributed by atoms with Gasteiger partial charge in [0, 0.05) is 0 Å². The maximum absolute atomic E-state index is 12.0. The van der Waals surface area contributed by atoms with Crippen LogP contribution in [0.15, 0.2) is 0 Å². The Morgan fingerprint density at radius 3 is 1.62 bits per heavy atom. The van der Waals surface area contributed by atoms with Gasteiger partial charge in [0.2, 0.25) is 8.32 Å². The lowest BCUT2D eigenvalue weighted by Gasteiger charge is -2.30. The Bertz CT molecular complexity index is 239. The highest BCUT2D eigenvalue weighted by molar-refractivity contribution is 6.71. The molecule has 0 radical (unpaired) electrons. The summed E-state index contributed by atoms with van der Waals surface area (Å²) in [7, 11) is -3.53. The van der Waals surface area contributed by atoms with E-state index in [0.29, 0.717) is 0 Å². The second-order valence-corrected chi connectivity index (χ2v) is 15.3. The molecule has 5 heteroatoms. The van der Waals surface area contributed by atoms with Gasteiger partial charge < -0.3 is 8.85 Å². The molecular weight excluding hydrogens is 236 g/mol. The minimum Gasteiger partial charge on any atom is -0.518 e. The molecule has 0 aromatic rings. The summed E-state index contributed by atoms with van der Waals surface area (Å²) in [6.07, 6.45) is -0.404. The highest BCUT2D eigenvalue weighted by atomic mass is 28.4. The SMILES string of the molecule is CC(C)[C@H](O[Si](C)(C)C)C(=O)O[Si](C)(C)C. The highest BCUT2D eigenvalue weighted by Gasteiger charge is 2.33. The first-order valence-corrected chi connectivity index (χ1v) is 12.6. The molecule has 0 aliphatic rings. The lowest BCUT2D eigenvalue weighted by molar-refractivity contribution is -0.145. The molecule has 0 fully saturated rings. The third-order valence-electron chi connectivity index (χ3n) is 1.73. The van der Waals surface area contributed by atoms with Crippen LogP contribution >= 0.6 is 0 Å². The zero-order chi connectivity index (χ0) is 13.1. The quantitative estimate of drug-likeness (QED) is 0.714. The Morgan fingerprint density at radius 1 is 0.938 bits per heavy atom. The molecule has 0 aromatic carbocycles. The Balaban J connectivity index is 4.62. The topological polar surface area (TPSA) is 35.5 Å². The molecule has 0 amide bonds. The van der Waals surface area contributed by atoms with Crippen molar-refractivity contribution in [1.82, 2.24) is 0 Å². The van der Waals surface area contributed by atoms with Crippen molar-refractivity contribution in [3.8, 4) is 0 Å². The number of hydrogen-bond acceptors (Lipinski definition) is 3. The maximum atomic E-state index is 12.0. The fourth-order valence-corrected chi connectivity index (χ4v) is 3.05. The van der Waals surface area contributed by atoms with Crippen molar-refractivity contribution in [1.29, 1.82) is 0 Å². The predicted molar refractivity (Wildman–Crippen MR) is 72.5 cm³/mol. The Hall–Kier alpha value is -0.136. The molecule has 0 aliphatic carbocycles. The van der Waals surface area contributed by atoms with Gasteiger partial charge in [0.05, 0.1) is 0 Å². The predicted octanol–water partition coefficient (Wildman–Crippen LogP) is 3.24. The van der Waals surface area contributed by atoms with E-state index in [2.05, 4.69) is 19.6 Å². The molecule has 0 spiro atoms. The molecule has 1 atom stereocenters. The van der Waals surface area contributed by atoms with Crippen molar-refractivity contribution in [2.24, 2.45) is 5.92 Å². The van der Waals surface area contributed by atoms with E-state index in [-0.39, 0.29) is 11.9 Å². The summed E-state index contributed by atoms with van der Waals surface area (Å²) in [4.78, 5) is 12.0. The first-order chi connectivity index (χ1) is 6.92. The van der Waals surface area contributed by atoms with Crippen LogP contribution in [0.5, 0.6) is 0 Å². The number of carbonyl (C=O) groups is 1. The maximum Gasteiger partial charge on any atom is 0.320 e. The fourth-order valence-electron chi connectivity index (χ4n) is 1.20. The van der Waals surface area contributed by atoms with Gasteiger partial charge in [-0.05, 0) is 45.2 Å². The molecule has 0 heterocycles. The van der Waals surface area contributed by atoms with Crippen molar-refractivity contribution >= 4 is 22.6 Å². The molecule has 0 bridgehead atoms. The van der Waals surface area contributed by atoms with Gasteiger partial charge in [-0.3, -0.25) is 4.79 Å². The summed E-state index contributed by atoms with van der Waals surface area (Å²) in [5, 5.41) is 0. The third kappa shape index (κ3) is 7.19. The van der Waals surface area contributed by atoms with E-state index in [1.54, 1.807) is 0 Å². The Morgan fingerprint density at radius 2 is 1.38 bits per heavy atom. The van der Waals surface area contributed by atoms with Gasteiger partial charge in [-0.25, -0.2) is 0 Å². The third-order valence-corrected chi connectivity index (χ3v) is 3.50. The molecule has 0 saturated carbocycles. The summed E-state index contributed by atoms with van der Waals surface area (Å²) >= 11 is 0. The zero-order valence-corrected chi connectivity index (χ0v) is 13.9. The zero-order valence-electron chi connectivity index (χ0n) is 11.9. The van der Waals surface area contributed by atoms with Crippen LogP contribution in [0.3, 0.4) is 0 Å². The fraction of sp³-hybridized carbons (Fsp3) is 0.909. The first-order valence-electron chi connectivity index (χ1n) is 5.83. The van der Waals surface area contributed by atoms with Crippen LogP contribution in [0, 0.1) is 5.92 Å². The van der Waals surface area contributed by atoms with Gasteiger partial charge in [-0.1, -0.05) is 13.8 Å². The van der Waals surface area contributed by atoms with Crippen LogP contribution in [0.1, 0.15) is 13.8 Å². The van der Waals surface area contributed by atoms with Crippen LogP contribution in [0.4, 0.5) is 0 Å². The van der Waals surface area contributed by atoms with Crippen LogP contribution in [-0.2, 0) is 13.6 Å². The van der Waals surface area contributed by atoms with Crippen LogP contribution in [0.25, 0.3) is 0 Å². The summed E-state index contributed by atoms with van der Waals surface area (Å²) in [6.45, 7) is 16.3. The second kappa shape index (κ2) is 5.47. The molecule has 0 aliphatic heterocycles. The van der Waals surface area contributed by atoms with Crippen LogP contribution in [0.2, 0.25) is 39.3 Å². The lowest BCUT2D eigenvalue weighted by atomic mass is 10.1. The molecule has 0 saturated heterocycles. The molecule has 3 nitrogen and oxygen atoms in total. The minimum absolute atomic E-state index is 0.163. The highest BCUT2D eigenvalue weighted by Crippen LogP contribution is 2.17. The largest absolute Gasteiger partial charge is 0.518 e. The molecule has 0 N–H and O–H groups in total. The van der Waals surface area contributed by atoms with E-state index < -0.39 is 22.7 Å². The van der Waals surface area contributed by atoms with E-state index >= 15 is 0 Å². The van der Waals surface area contributed by atoms with Gasteiger partial charge >= 0.3 is 5.97 Å². The molecule has 16 heavy (non-hydrogen) atoms. The number of rotatable bonds is 5. The van der Waals surface area contributed by atoms with Crippen molar-refractivity contribution in [3.05, 3.63) is 0 Å². The van der Waals surface area contributed by atoms with Gasteiger partial charge in [-0.15, -0.1) is 0 Å². The monoisotopic (exact) mass is 262 g/mol. The van der Waals surface area contributed by atoms with Crippen molar-refractivity contribution in [3.63, 3.8) is 0 Å². The molecule has 96 valence electrons. The van der Waals surface area contributed by atoms with Crippen molar-refractivity contribution in [2.45, 2.75) is 59.2 Å². The van der Waals surface area contributed by atoms with E-state index in [1.165, 1.54) is 0 Å². The van der Waals surface area contributed by atoms with Crippen LogP contribution < -0.4 is 0 Å². The second-order valence-electron chi connectivity index (χ2n) is 6.43. The molecule has 0 rings (SSSR count). The number of hydrogen-bond donors (Lipinski definition) is 0. The first kappa shape index (κ1) is 15.9. The lowest BCUT2D eigenvalue weighted by Crippen LogP contribution is -2.44. The Labute approximate surface area is 102 Å². The van der Waals surface area contributed by atoms with Crippen molar-refractivity contribution < 1.29 is 13.6 Å². The van der Waals surface area contributed by atoms with Gasteiger partial charge in [0.25, 0.3) is 0 Å². The van der Waals surface area contributed by atoms with Crippen LogP contribution in [-0.4, -0.2) is 28.7 Å². The molecule has 0 unspecified atom stereocenters. The smallest absolute Gasteiger partial charge is 0.320 e. The molecular formula is C11H26O3Si2. The number of carbonyl (C=O) groups excluding carboxylic acids is 1. The summed E-state index contributed by atoms with van der Waals surface area (Å²) in [6, 6.07) is 0. The van der Waals surface area contributed by atoms with E-state index in [1.807, 2.05) is 33.5 Å². The van der Waals surface area contributed by atoms with E-state index in [4.69, 9.17) is 8.85 Å². The van der Waals surface area contributed by atoms with Gasteiger partial charge in [0.1, 0.15) is 6.10 Å². The van der Waals surface area contributed by atoms with E-state index in [0.717, 1.165) is 0 Å². The average Bonchev–Trinajstić information content (AvgIpc) is 1.94. The van der Waals surface area contributed by atoms with Gasteiger partial charge in [0.15, 0.2) is 8.32 Å². The minimum atomic E-state index is -1.82. The average molecular weight is 262 g/mol. The normalized spacial score (nSPS) is 15.1. The summed E-state index contributed by atoms with van der Waals surface area (Å²) in [5.41, 5.74) is 0. The summed E-state index contributed by atoms with van der Waals surface area (Å²) in [5.74, 6) is -0.0211. The van der Waals surface area contributed by atoms with E-state index in [9.17, 15) is 4.79 Å². The van der Waals surface area contributed by atoms with Gasteiger partial charge in [-0.2, -0.15) is 0 Å².